The third-order valence-corrected chi connectivity index (χ3v) is 2.89. The van der Waals surface area contributed by atoms with E-state index in [0.717, 1.165) is 25.9 Å². The molecule has 0 bridgehead atoms. The molecule has 0 saturated carbocycles. The molecular weight excluding hydrogens is 222 g/mol. The SMILES string of the molecule is NC1CCN(CC(=O)NCCCC(=O)O)CC1. The number of nitrogens with two attached hydrogens (primary N) is 1. The average molecular weight is 243 g/mol. The zero-order valence-electron chi connectivity index (χ0n) is 10.0. The normalized spacial score (nSPS) is 17.9. The zero-order chi connectivity index (χ0) is 12.7. The number of nitrogens with zero attached hydrogens (tertiary/aromatic N) is 1. The number of carboxylic acid groups (broad SMARTS) is 1. The molecule has 1 fully saturated rings. The number of hydrogen-bond donors (Lipinski definition) is 3. The summed E-state index contributed by atoms with van der Waals surface area (Å²) < 4.78 is 0. The van der Waals surface area contributed by atoms with Gasteiger partial charge in [0.1, 0.15) is 0 Å². The van der Waals surface area contributed by atoms with Gasteiger partial charge in [-0.2, -0.15) is 0 Å². The highest BCUT2D eigenvalue weighted by atomic mass is 16.4. The van der Waals surface area contributed by atoms with Crippen LogP contribution in [0.4, 0.5) is 0 Å². The maximum atomic E-state index is 11.5. The standard InChI is InChI=1S/C11H21N3O3/c12-9-3-6-14(7-4-9)8-10(15)13-5-1-2-11(16)17/h9H,1-8,12H2,(H,13,15)(H,16,17). The van der Waals surface area contributed by atoms with Crippen molar-refractivity contribution in [2.75, 3.05) is 26.2 Å². The first kappa shape index (κ1) is 13.9. The Kier molecular flexibility index (Phi) is 5.93. The van der Waals surface area contributed by atoms with Crippen molar-refractivity contribution in [2.24, 2.45) is 5.73 Å². The van der Waals surface area contributed by atoms with Crippen LogP contribution >= 0.6 is 0 Å². The van der Waals surface area contributed by atoms with Gasteiger partial charge in [0.05, 0.1) is 6.54 Å². The number of carbonyl (C=O) groups excluding carboxylic acids is 1. The number of carboxylic acids is 1. The molecule has 98 valence electrons. The van der Waals surface area contributed by atoms with Crippen LogP contribution in [0.25, 0.3) is 0 Å². The fourth-order valence-corrected chi connectivity index (χ4v) is 1.84. The van der Waals surface area contributed by atoms with Gasteiger partial charge in [-0.05, 0) is 19.3 Å². The highest BCUT2D eigenvalue weighted by Gasteiger charge is 2.17. The lowest BCUT2D eigenvalue weighted by Gasteiger charge is -2.29. The maximum absolute atomic E-state index is 11.5. The Balaban J connectivity index is 2.06. The van der Waals surface area contributed by atoms with Crippen LogP contribution in [0.3, 0.4) is 0 Å². The molecule has 0 aromatic carbocycles. The second-order valence-electron chi connectivity index (χ2n) is 4.46. The third kappa shape index (κ3) is 6.23. The van der Waals surface area contributed by atoms with Gasteiger partial charge in [0, 0.05) is 32.1 Å². The molecule has 0 atom stereocenters. The first-order chi connectivity index (χ1) is 8.08. The van der Waals surface area contributed by atoms with Crippen molar-refractivity contribution < 1.29 is 14.7 Å². The molecule has 1 amide bonds. The predicted molar refractivity (Wildman–Crippen MR) is 63.5 cm³/mol. The molecule has 0 aromatic heterocycles. The minimum Gasteiger partial charge on any atom is -0.481 e. The van der Waals surface area contributed by atoms with E-state index >= 15 is 0 Å². The Morgan fingerprint density at radius 3 is 2.59 bits per heavy atom. The van der Waals surface area contributed by atoms with Gasteiger partial charge in [0.25, 0.3) is 0 Å². The van der Waals surface area contributed by atoms with Gasteiger partial charge in [-0.1, -0.05) is 0 Å². The van der Waals surface area contributed by atoms with Crippen LogP contribution in [0.15, 0.2) is 0 Å². The topological polar surface area (TPSA) is 95.7 Å². The van der Waals surface area contributed by atoms with E-state index in [-0.39, 0.29) is 18.4 Å². The quantitative estimate of drug-likeness (QED) is 0.541. The van der Waals surface area contributed by atoms with E-state index < -0.39 is 5.97 Å². The lowest BCUT2D eigenvalue weighted by Crippen LogP contribution is -2.44. The molecule has 1 saturated heterocycles. The Hall–Kier alpha value is -1.14. The van der Waals surface area contributed by atoms with Crippen LogP contribution in [0.5, 0.6) is 0 Å². The number of hydrogen-bond acceptors (Lipinski definition) is 4. The van der Waals surface area contributed by atoms with E-state index in [4.69, 9.17) is 10.8 Å². The molecule has 1 heterocycles. The van der Waals surface area contributed by atoms with Gasteiger partial charge in [0.15, 0.2) is 0 Å². The summed E-state index contributed by atoms with van der Waals surface area (Å²) >= 11 is 0. The summed E-state index contributed by atoms with van der Waals surface area (Å²) in [6.45, 7) is 2.55. The van der Waals surface area contributed by atoms with E-state index in [2.05, 4.69) is 10.2 Å². The number of aliphatic carboxylic acids is 1. The minimum absolute atomic E-state index is 0.0362. The molecule has 4 N–H and O–H groups in total. The molecule has 17 heavy (non-hydrogen) atoms. The monoisotopic (exact) mass is 243 g/mol. The Labute approximate surface area is 101 Å². The summed E-state index contributed by atoms with van der Waals surface area (Å²) in [4.78, 5) is 23.8. The van der Waals surface area contributed by atoms with Crippen LogP contribution in [0, 0.1) is 0 Å². The minimum atomic E-state index is -0.829. The molecule has 1 aliphatic rings. The molecule has 0 aliphatic carbocycles. The van der Waals surface area contributed by atoms with Crippen molar-refractivity contribution in [3.05, 3.63) is 0 Å². The fraction of sp³-hybridized carbons (Fsp3) is 0.818. The largest absolute Gasteiger partial charge is 0.481 e. The third-order valence-electron chi connectivity index (χ3n) is 2.89. The van der Waals surface area contributed by atoms with Crippen molar-refractivity contribution in [2.45, 2.75) is 31.7 Å². The van der Waals surface area contributed by atoms with E-state index in [9.17, 15) is 9.59 Å². The van der Waals surface area contributed by atoms with Crippen molar-refractivity contribution in [3.8, 4) is 0 Å². The summed E-state index contributed by atoms with van der Waals surface area (Å²) in [5, 5.41) is 11.2. The fourth-order valence-electron chi connectivity index (χ4n) is 1.84. The van der Waals surface area contributed by atoms with Gasteiger partial charge in [-0.25, -0.2) is 0 Å². The predicted octanol–water partition coefficient (Wildman–Crippen LogP) is -0.609. The lowest BCUT2D eigenvalue weighted by atomic mass is 10.1. The maximum Gasteiger partial charge on any atom is 0.303 e. The summed E-state index contributed by atoms with van der Waals surface area (Å²) in [6, 6.07) is 0.268. The first-order valence-electron chi connectivity index (χ1n) is 6.04. The Bertz CT molecular complexity index is 263. The van der Waals surface area contributed by atoms with Gasteiger partial charge in [-0.3, -0.25) is 14.5 Å². The van der Waals surface area contributed by atoms with Crippen molar-refractivity contribution in [1.82, 2.24) is 10.2 Å². The van der Waals surface area contributed by atoms with Crippen molar-refractivity contribution in [3.63, 3.8) is 0 Å². The lowest BCUT2D eigenvalue weighted by molar-refractivity contribution is -0.137. The van der Waals surface area contributed by atoms with Crippen LogP contribution in [-0.4, -0.2) is 54.1 Å². The molecule has 0 aromatic rings. The molecule has 1 rings (SSSR count). The van der Waals surface area contributed by atoms with Gasteiger partial charge < -0.3 is 16.2 Å². The highest BCUT2D eigenvalue weighted by Crippen LogP contribution is 2.07. The molecule has 0 radical (unpaired) electrons. The van der Waals surface area contributed by atoms with Gasteiger partial charge in [0.2, 0.25) is 5.91 Å². The van der Waals surface area contributed by atoms with Crippen LogP contribution in [0.1, 0.15) is 25.7 Å². The molecule has 0 unspecified atom stereocenters. The van der Waals surface area contributed by atoms with Gasteiger partial charge in [-0.15, -0.1) is 0 Å². The average Bonchev–Trinajstić information content (AvgIpc) is 2.27. The van der Waals surface area contributed by atoms with Crippen LogP contribution in [-0.2, 0) is 9.59 Å². The molecule has 0 spiro atoms. The molecular formula is C11H21N3O3. The number of rotatable bonds is 6. The molecule has 6 nitrogen and oxygen atoms in total. The summed E-state index contributed by atoms with van der Waals surface area (Å²) in [7, 11) is 0. The van der Waals surface area contributed by atoms with E-state index in [1.165, 1.54) is 0 Å². The van der Waals surface area contributed by atoms with Gasteiger partial charge >= 0.3 is 5.97 Å². The number of carbonyl (C=O) groups is 2. The molecule has 1 aliphatic heterocycles. The van der Waals surface area contributed by atoms with Crippen molar-refractivity contribution >= 4 is 11.9 Å². The second kappa shape index (κ2) is 7.24. The first-order valence-corrected chi connectivity index (χ1v) is 6.04. The number of likely N-dealkylation sites (tertiary alicyclic amines) is 1. The Morgan fingerprint density at radius 1 is 1.35 bits per heavy atom. The number of nitrogens with one attached hydrogen (secondary N) is 1. The summed E-state index contributed by atoms with van der Waals surface area (Å²) in [5.74, 6) is -0.866. The summed E-state index contributed by atoms with van der Waals surface area (Å²) in [5.41, 5.74) is 5.77. The number of piperidine rings is 1. The van der Waals surface area contributed by atoms with E-state index in [1.807, 2.05) is 0 Å². The zero-order valence-corrected chi connectivity index (χ0v) is 10.0. The summed E-state index contributed by atoms with van der Waals surface area (Å²) in [6.07, 6.45) is 2.45. The second-order valence-corrected chi connectivity index (χ2v) is 4.46. The smallest absolute Gasteiger partial charge is 0.303 e. The Morgan fingerprint density at radius 2 is 2.00 bits per heavy atom. The number of amides is 1. The van der Waals surface area contributed by atoms with E-state index in [0.29, 0.717) is 19.5 Å². The van der Waals surface area contributed by atoms with Crippen molar-refractivity contribution in [1.29, 1.82) is 0 Å². The highest BCUT2D eigenvalue weighted by molar-refractivity contribution is 5.78. The molecule has 6 heteroatoms. The van der Waals surface area contributed by atoms with E-state index in [1.54, 1.807) is 0 Å². The van der Waals surface area contributed by atoms with Crippen LogP contribution in [0.2, 0.25) is 0 Å². The van der Waals surface area contributed by atoms with Crippen LogP contribution < -0.4 is 11.1 Å².